The molecule has 0 bridgehead atoms. The Hall–Kier alpha value is -3.09. The maximum absolute atomic E-state index is 12.6. The summed E-state index contributed by atoms with van der Waals surface area (Å²) in [5, 5.41) is 14.6. The zero-order valence-electron chi connectivity index (χ0n) is 14.6. The van der Waals surface area contributed by atoms with Crippen molar-refractivity contribution in [1.29, 1.82) is 0 Å². The van der Waals surface area contributed by atoms with Crippen LogP contribution >= 0.6 is 0 Å². The van der Waals surface area contributed by atoms with Crippen LogP contribution < -0.4 is 10.6 Å². The lowest BCUT2D eigenvalue weighted by atomic mass is 10.2. The molecule has 3 rings (SSSR count). The molecule has 1 amide bonds. The molecule has 25 heavy (non-hydrogen) atoms. The van der Waals surface area contributed by atoms with Gasteiger partial charge in [-0.2, -0.15) is 10.2 Å². The van der Waals surface area contributed by atoms with Crippen molar-refractivity contribution in [1.82, 2.24) is 19.6 Å². The normalized spacial score (nSPS) is 12.0. The standard InChI is InChI=1S/C18H22N6O/c1-4-13(2)24-17(8-9-19-24)22-18(25)14-6-5-7-15(10-14)21-16-11-20-23(3)12-16/h5-13,21H,4H2,1-3H3,(H,22,25)/t13-/m1/s1. The van der Waals surface area contributed by atoms with Gasteiger partial charge in [0.15, 0.2) is 0 Å². The molecule has 0 radical (unpaired) electrons. The number of aryl methyl sites for hydroxylation is 1. The second-order valence-electron chi connectivity index (χ2n) is 5.98. The minimum atomic E-state index is -0.167. The Morgan fingerprint density at radius 2 is 2.08 bits per heavy atom. The first-order valence-corrected chi connectivity index (χ1v) is 8.27. The molecule has 130 valence electrons. The number of amides is 1. The van der Waals surface area contributed by atoms with Gasteiger partial charge in [-0.3, -0.25) is 9.48 Å². The molecule has 1 aromatic carbocycles. The number of rotatable bonds is 6. The predicted octanol–water partition coefficient (Wildman–Crippen LogP) is 3.58. The first kappa shape index (κ1) is 16.8. The molecule has 2 aromatic heterocycles. The first-order chi connectivity index (χ1) is 12.1. The van der Waals surface area contributed by atoms with Gasteiger partial charge in [0.05, 0.1) is 24.1 Å². The summed E-state index contributed by atoms with van der Waals surface area (Å²) >= 11 is 0. The lowest BCUT2D eigenvalue weighted by Gasteiger charge is -2.14. The summed E-state index contributed by atoms with van der Waals surface area (Å²) in [6.45, 7) is 4.16. The van der Waals surface area contributed by atoms with E-state index in [9.17, 15) is 4.79 Å². The van der Waals surface area contributed by atoms with Crippen molar-refractivity contribution in [3.05, 3.63) is 54.5 Å². The van der Waals surface area contributed by atoms with Gasteiger partial charge in [0.2, 0.25) is 0 Å². The van der Waals surface area contributed by atoms with Crippen molar-refractivity contribution in [2.75, 3.05) is 10.6 Å². The van der Waals surface area contributed by atoms with Crippen LogP contribution in [-0.2, 0) is 7.05 Å². The highest BCUT2D eigenvalue weighted by Crippen LogP contribution is 2.20. The average molecular weight is 338 g/mol. The second kappa shape index (κ2) is 7.21. The fourth-order valence-corrected chi connectivity index (χ4v) is 2.52. The van der Waals surface area contributed by atoms with E-state index < -0.39 is 0 Å². The Balaban J connectivity index is 1.74. The smallest absolute Gasteiger partial charge is 0.256 e. The van der Waals surface area contributed by atoms with E-state index in [0.29, 0.717) is 11.4 Å². The Morgan fingerprint density at radius 3 is 2.80 bits per heavy atom. The highest BCUT2D eigenvalue weighted by molar-refractivity contribution is 6.04. The number of benzene rings is 1. The molecule has 0 fully saturated rings. The van der Waals surface area contributed by atoms with Crippen LogP contribution in [0.5, 0.6) is 0 Å². The minimum absolute atomic E-state index is 0.167. The fraction of sp³-hybridized carbons (Fsp3) is 0.278. The number of nitrogens with one attached hydrogen (secondary N) is 2. The van der Waals surface area contributed by atoms with E-state index in [4.69, 9.17) is 0 Å². The summed E-state index contributed by atoms with van der Waals surface area (Å²) < 4.78 is 3.55. The van der Waals surface area contributed by atoms with E-state index in [1.165, 1.54) is 0 Å². The van der Waals surface area contributed by atoms with Gasteiger partial charge in [-0.15, -0.1) is 0 Å². The molecule has 0 saturated carbocycles. The molecule has 0 unspecified atom stereocenters. The number of nitrogens with zero attached hydrogens (tertiary/aromatic N) is 4. The van der Waals surface area contributed by atoms with Gasteiger partial charge < -0.3 is 10.6 Å². The third-order valence-electron chi connectivity index (χ3n) is 4.04. The monoisotopic (exact) mass is 338 g/mol. The lowest BCUT2D eigenvalue weighted by molar-refractivity contribution is 0.102. The highest BCUT2D eigenvalue weighted by atomic mass is 16.1. The van der Waals surface area contributed by atoms with Gasteiger partial charge >= 0.3 is 0 Å². The minimum Gasteiger partial charge on any atom is -0.353 e. The van der Waals surface area contributed by atoms with Crippen LogP contribution in [-0.4, -0.2) is 25.5 Å². The third kappa shape index (κ3) is 3.88. The second-order valence-corrected chi connectivity index (χ2v) is 5.98. The maximum Gasteiger partial charge on any atom is 0.256 e. The van der Waals surface area contributed by atoms with Gasteiger partial charge in [-0.25, -0.2) is 4.68 Å². The zero-order chi connectivity index (χ0) is 17.8. The summed E-state index contributed by atoms with van der Waals surface area (Å²) in [5.41, 5.74) is 2.27. The van der Waals surface area contributed by atoms with Crippen LogP contribution in [0.4, 0.5) is 17.2 Å². The molecule has 0 aliphatic heterocycles. The van der Waals surface area contributed by atoms with E-state index in [1.54, 1.807) is 23.1 Å². The molecule has 1 atom stereocenters. The SMILES string of the molecule is CC[C@@H](C)n1nccc1NC(=O)c1cccc(Nc2cnn(C)c2)c1. The Morgan fingerprint density at radius 1 is 1.24 bits per heavy atom. The van der Waals surface area contributed by atoms with Crippen LogP contribution in [0.3, 0.4) is 0 Å². The zero-order valence-corrected chi connectivity index (χ0v) is 14.6. The highest BCUT2D eigenvalue weighted by Gasteiger charge is 2.13. The molecular weight excluding hydrogens is 316 g/mol. The number of carbonyl (C=O) groups is 1. The van der Waals surface area contributed by atoms with Crippen LogP contribution in [0.15, 0.2) is 48.9 Å². The number of hydrogen-bond acceptors (Lipinski definition) is 4. The van der Waals surface area contributed by atoms with E-state index in [-0.39, 0.29) is 11.9 Å². The van der Waals surface area contributed by atoms with Crippen molar-refractivity contribution >= 4 is 23.1 Å². The third-order valence-corrected chi connectivity index (χ3v) is 4.04. The van der Waals surface area contributed by atoms with Crippen LogP contribution in [0.2, 0.25) is 0 Å². The Bertz CT molecular complexity index is 866. The number of carbonyl (C=O) groups excluding carboxylic acids is 1. The Kier molecular flexibility index (Phi) is 4.83. The van der Waals surface area contributed by atoms with Crippen LogP contribution in [0, 0.1) is 0 Å². The number of hydrogen-bond donors (Lipinski definition) is 2. The molecule has 3 aromatic rings. The average Bonchev–Trinajstić information content (AvgIpc) is 3.23. The van der Waals surface area contributed by atoms with Crippen molar-refractivity contribution in [3.8, 4) is 0 Å². The maximum atomic E-state index is 12.6. The number of aromatic nitrogens is 4. The first-order valence-electron chi connectivity index (χ1n) is 8.27. The topological polar surface area (TPSA) is 76.8 Å². The molecule has 0 saturated heterocycles. The van der Waals surface area contributed by atoms with Crippen molar-refractivity contribution in [2.45, 2.75) is 26.3 Å². The van der Waals surface area contributed by atoms with Gasteiger partial charge in [-0.1, -0.05) is 13.0 Å². The predicted molar refractivity (Wildman–Crippen MR) is 98.1 cm³/mol. The molecule has 2 N–H and O–H groups in total. The van der Waals surface area contributed by atoms with Crippen LogP contribution in [0.1, 0.15) is 36.7 Å². The van der Waals surface area contributed by atoms with Crippen molar-refractivity contribution in [3.63, 3.8) is 0 Å². The summed E-state index contributed by atoms with van der Waals surface area (Å²) in [6, 6.07) is 9.39. The van der Waals surface area contributed by atoms with Crippen molar-refractivity contribution in [2.24, 2.45) is 7.05 Å². The molecule has 0 spiro atoms. The van der Waals surface area contributed by atoms with Gasteiger partial charge in [0.1, 0.15) is 5.82 Å². The summed E-state index contributed by atoms with van der Waals surface area (Å²) in [6.07, 6.45) is 6.24. The van der Waals surface area contributed by atoms with Gasteiger partial charge in [0.25, 0.3) is 5.91 Å². The summed E-state index contributed by atoms with van der Waals surface area (Å²) in [7, 11) is 1.86. The molecule has 7 nitrogen and oxygen atoms in total. The summed E-state index contributed by atoms with van der Waals surface area (Å²) in [5.74, 6) is 0.532. The summed E-state index contributed by atoms with van der Waals surface area (Å²) in [4.78, 5) is 12.6. The van der Waals surface area contributed by atoms with Crippen molar-refractivity contribution < 1.29 is 4.79 Å². The lowest BCUT2D eigenvalue weighted by Crippen LogP contribution is -2.17. The fourth-order valence-electron chi connectivity index (χ4n) is 2.52. The molecular formula is C18H22N6O. The molecule has 7 heteroatoms. The number of anilines is 3. The van der Waals surface area contributed by atoms with E-state index in [0.717, 1.165) is 17.8 Å². The van der Waals surface area contributed by atoms with Crippen LogP contribution in [0.25, 0.3) is 0 Å². The van der Waals surface area contributed by atoms with E-state index in [2.05, 4.69) is 34.7 Å². The van der Waals surface area contributed by atoms with E-state index >= 15 is 0 Å². The molecule has 0 aliphatic carbocycles. The Labute approximate surface area is 146 Å². The van der Waals surface area contributed by atoms with Gasteiger partial charge in [-0.05, 0) is 31.5 Å². The van der Waals surface area contributed by atoms with Gasteiger partial charge in [0, 0.05) is 30.6 Å². The quantitative estimate of drug-likeness (QED) is 0.720. The molecule has 0 aliphatic rings. The van der Waals surface area contributed by atoms with E-state index in [1.807, 2.05) is 42.2 Å². The largest absolute Gasteiger partial charge is 0.353 e. The molecule has 2 heterocycles.